The van der Waals surface area contributed by atoms with Gasteiger partial charge in [0.1, 0.15) is 11.0 Å². The highest BCUT2D eigenvalue weighted by Crippen LogP contribution is 2.38. The highest BCUT2D eigenvalue weighted by atomic mass is 32.2. The number of ether oxygens (including phenoxy) is 1. The number of carbonyl (C=O) groups excluding carboxylic acids is 1. The molecule has 0 bridgehead atoms. The van der Waals surface area contributed by atoms with Crippen LogP contribution in [0.5, 0.6) is 5.75 Å². The van der Waals surface area contributed by atoms with Crippen molar-refractivity contribution in [3.63, 3.8) is 0 Å². The smallest absolute Gasteiger partial charge is 0.244 e. The number of nitrogens with one attached hydrogen (secondary N) is 3. The summed E-state index contributed by atoms with van der Waals surface area (Å²) < 4.78 is 5.53. The van der Waals surface area contributed by atoms with Gasteiger partial charge in [-0.2, -0.15) is 0 Å². The summed E-state index contributed by atoms with van der Waals surface area (Å²) in [7, 11) is 0. The van der Waals surface area contributed by atoms with Crippen LogP contribution < -0.4 is 20.7 Å². The molecule has 0 aliphatic carbocycles. The number of anilines is 3. The molecule has 212 valence electrons. The fourth-order valence-electron chi connectivity index (χ4n) is 4.14. The Bertz CT molecular complexity index is 1640. The molecule has 0 saturated carbocycles. The van der Waals surface area contributed by atoms with Crippen molar-refractivity contribution in [1.29, 1.82) is 0 Å². The summed E-state index contributed by atoms with van der Waals surface area (Å²) in [6, 6.07) is 33.5. The zero-order chi connectivity index (χ0) is 29.3. The van der Waals surface area contributed by atoms with Crippen molar-refractivity contribution in [3.8, 4) is 17.0 Å². The quantitative estimate of drug-likeness (QED) is 0.108. The average Bonchev–Trinajstić information content (AvgIpc) is 3.46. The zero-order valence-corrected chi connectivity index (χ0v) is 25.6. The van der Waals surface area contributed by atoms with Crippen molar-refractivity contribution >= 4 is 62.8 Å². The molecule has 4 aromatic carbocycles. The van der Waals surface area contributed by atoms with E-state index in [0.717, 1.165) is 38.8 Å². The lowest BCUT2D eigenvalue weighted by molar-refractivity contribution is -0.115. The summed E-state index contributed by atoms with van der Waals surface area (Å²) in [4.78, 5) is 19.2. The Morgan fingerprint density at radius 2 is 1.64 bits per heavy atom. The standard InChI is InChI=1S/C33H30N4O2S3/c1-3-39-27-18-14-23(15-19-27)29-21-41-33(36-29)37-31(38)30(24-8-5-4-6-9-24)42-28-11-7-10-26(20-28)35-32(40)34-25-16-12-22(2)13-17-25/h4-21,30H,3H2,1-2H3,(H2,34,35,40)(H,36,37,38). The van der Waals surface area contributed by atoms with Gasteiger partial charge >= 0.3 is 0 Å². The van der Waals surface area contributed by atoms with Gasteiger partial charge in [-0.25, -0.2) is 4.98 Å². The van der Waals surface area contributed by atoms with E-state index in [4.69, 9.17) is 17.0 Å². The van der Waals surface area contributed by atoms with Crippen LogP contribution in [0.1, 0.15) is 23.3 Å². The van der Waals surface area contributed by atoms with Crippen molar-refractivity contribution in [1.82, 2.24) is 4.98 Å². The maximum absolute atomic E-state index is 13.6. The molecule has 1 unspecified atom stereocenters. The number of aromatic nitrogens is 1. The molecule has 0 spiro atoms. The fourth-order valence-corrected chi connectivity index (χ4v) is 6.18. The number of benzene rings is 4. The summed E-state index contributed by atoms with van der Waals surface area (Å²) in [6.07, 6.45) is 0. The lowest BCUT2D eigenvalue weighted by Gasteiger charge is -2.17. The first kappa shape index (κ1) is 29.3. The van der Waals surface area contributed by atoms with Crippen molar-refractivity contribution < 1.29 is 9.53 Å². The molecule has 9 heteroatoms. The van der Waals surface area contributed by atoms with Crippen molar-refractivity contribution in [2.45, 2.75) is 24.0 Å². The number of carbonyl (C=O) groups is 1. The minimum atomic E-state index is -0.489. The lowest BCUT2D eigenvalue weighted by Crippen LogP contribution is -2.19. The second-order valence-electron chi connectivity index (χ2n) is 9.37. The molecular weight excluding hydrogens is 581 g/mol. The molecule has 6 nitrogen and oxygen atoms in total. The van der Waals surface area contributed by atoms with Crippen LogP contribution in [0.15, 0.2) is 113 Å². The SMILES string of the molecule is CCOc1ccc(-c2csc(NC(=O)C(Sc3cccc(NC(=S)Nc4ccc(C)cc4)c3)c3ccccc3)n2)cc1. The molecule has 1 aromatic heterocycles. The van der Waals surface area contributed by atoms with Gasteiger partial charge in [-0.05, 0) is 86.2 Å². The zero-order valence-electron chi connectivity index (χ0n) is 23.2. The highest BCUT2D eigenvalue weighted by molar-refractivity contribution is 8.00. The Kier molecular flexibility index (Phi) is 9.86. The third kappa shape index (κ3) is 7.97. The molecule has 0 radical (unpaired) electrons. The molecule has 5 rings (SSSR count). The monoisotopic (exact) mass is 610 g/mol. The molecule has 0 aliphatic rings. The molecule has 0 saturated heterocycles. The summed E-state index contributed by atoms with van der Waals surface area (Å²) in [6.45, 7) is 4.62. The van der Waals surface area contributed by atoms with E-state index < -0.39 is 5.25 Å². The summed E-state index contributed by atoms with van der Waals surface area (Å²) in [5.41, 5.74) is 5.59. The second kappa shape index (κ2) is 14.1. The maximum Gasteiger partial charge on any atom is 0.244 e. The van der Waals surface area contributed by atoms with Crippen LogP contribution in [-0.2, 0) is 4.79 Å². The Morgan fingerprint density at radius 1 is 0.905 bits per heavy atom. The number of thiazole rings is 1. The van der Waals surface area contributed by atoms with E-state index in [1.807, 2.05) is 122 Å². The Labute approximate surface area is 259 Å². The summed E-state index contributed by atoms with van der Waals surface area (Å²) in [5.74, 6) is 0.671. The van der Waals surface area contributed by atoms with Crippen molar-refractivity contribution in [3.05, 3.63) is 120 Å². The fraction of sp³-hybridized carbons (Fsp3) is 0.121. The number of hydrogen-bond acceptors (Lipinski definition) is 6. The van der Waals surface area contributed by atoms with E-state index in [-0.39, 0.29) is 5.91 Å². The molecule has 1 heterocycles. The van der Waals surface area contributed by atoms with Gasteiger partial charge in [0, 0.05) is 27.2 Å². The van der Waals surface area contributed by atoms with Gasteiger partial charge in [-0.1, -0.05) is 54.1 Å². The first-order chi connectivity index (χ1) is 20.5. The normalized spacial score (nSPS) is 11.4. The molecule has 0 aliphatic heterocycles. The van der Waals surface area contributed by atoms with E-state index in [2.05, 4.69) is 20.9 Å². The Morgan fingerprint density at radius 3 is 2.38 bits per heavy atom. The third-order valence-corrected chi connectivity index (χ3v) is 8.40. The van der Waals surface area contributed by atoms with Gasteiger partial charge in [0.15, 0.2) is 10.2 Å². The number of thiocarbonyl (C=S) groups is 1. The van der Waals surface area contributed by atoms with Crippen LogP contribution in [0, 0.1) is 6.92 Å². The molecule has 3 N–H and O–H groups in total. The predicted octanol–water partition coefficient (Wildman–Crippen LogP) is 8.80. The topological polar surface area (TPSA) is 75.3 Å². The van der Waals surface area contributed by atoms with Gasteiger partial charge in [-0.15, -0.1) is 23.1 Å². The van der Waals surface area contributed by atoms with Crippen LogP contribution in [0.4, 0.5) is 16.5 Å². The Hall–Kier alpha value is -4.18. The average molecular weight is 611 g/mol. The molecule has 0 fully saturated rings. The van der Waals surface area contributed by atoms with Crippen molar-refractivity contribution in [2.24, 2.45) is 0 Å². The largest absolute Gasteiger partial charge is 0.494 e. The molecule has 5 aromatic rings. The summed E-state index contributed by atoms with van der Waals surface area (Å²) in [5, 5.41) is 12.0. The van der Waals surface area contributed by atoms with E-state index in [1.165, 1.54) is 28.7 Å². The van der Waals surface area contributed by atoms with Crippen LogP contribution in [0.3, 0.4) is 0 Å². The van der Waals surface area contributed by atoms with Crippen molar-refractivity contribution in [2.75, 3.05) is 22.6 Å². The number of nitrogens with zero attached hydrogens (tertiary/aromatic N) is 1. The van der Waals surface area contributed by atoms with E-state index in [0.29, 0.717) is 16.9 Å². The predicted molar refractivity (Wildman–Crippen MR) is 180 cm³/mol. The Balaban J connectivity index is 1.28. The van der Waals surface area contributed by atoms with Gasteiger partial charge < -0.3 is 20.7 Å². The molecule has 1 atom stereocenters. The maximum atomic E-state index is 13.6. The van der Waals surface area contributed by atoms with Gasteiger partial charge in [0.05, 0.1) is 12.3 Å². The molecule has 42 heavy (non-hydrogen) atoms. The van der Waals surface area contributed by atoms with Crippen LogP contribution in [0.25, 0.3) is 11.3 Å². The lowest BCUT2D eigenvalue weighted by atomic mass is 10.1. The van der Waals surface area contributed by atoms with Gasteiger partial charge in [0.2, 0.25) is 5.91 Å². The minimum absolute atomic E-state index is 0.145. The van der Waals surface area contributed by atoms with Gasteiger partial charge in [-0.3, -0.25) is 4.79 Å². The second-order valence-corrected chi connectivity index (χ2v) is 11.8. The highest BCUT2D eigenvalue weighted by Gasteiger charge is 2.23. The van der Waals surface area contributed by atoms with Crippen LogP contribution in [-0.4, -0.2) is 22.6 Å². The molecular formula is C33H30N4O2S3. The first-order valence-corrected chi connectivity index (χ1v) is 15.6. The number of hydrogen-bond donors (Lipinski definition) is 3. The first-order valence-electron chi connectivity index (χ1n) is 13.4. The van der Waals surface area contributed by atoms with Gasteiger partial charge in [0.25, 0.3) is 0 Å². The number of thioether (sulfide) groups is 1. The van der Waals surface area contributed by atoms with E-state index in [1.54, 1.807) is 0 Å². The van der Waals surface area contributed by atoms with Crippen LogP contribution in [0.2, 0.25) is 0 Å². The number of aryl methyl sites for hydroxylation is 1. The number of rotatable bonds is 10. The third-order valence-electron chi connectivity index (χ3n) is 6.19. The summed E-state index contributed by atoms with van der Waals surface area (Å²) >= 11 is 8.40. The molecule has 1 amide bonds. The van der Waals surface area contributed by atoms with E-state index in [9.17, 15) is 4.79 Å². The van der Waals surface area contributed by atoms with Crippen LogP contribution >= 0.6 is 35.3 Å². The number of amides is 1. The van der Waals surface area contributed by atoms with E-state index >= 15 is 0 Å². The minimum Gasteiger partial charge on any atom is -0.494 e.